The summed E-state index contributed by atoms with van der Waals surface area (Å²) in [6, 6.07) is 10.1. The lowest BCUT2D eigenvalue weighted by Gasteiger charge is -2.13. The highest BCUT2D eigenvalue weighted by molar-refractivity contribution is 5.90. The van der Waals surface area contributed by atoms with E-state index >= 15 is 0 Å². The predicted molar refractivity (Wildman–Crippen MR) is 75.8 cm³/mol. The number of hydrogen-bond acceptors (Lipinski definition) is 3. The first-order chi connectivity index (χ1) is 9.05. The second kappa shape index (κ2) is 4.16. The maximum Gasteiger partial charge on any atom is 0.116 e. The average Bonchev–Trinajstić information content (AvgIpc) is 2.87. The minimum Gasteiger partial charge on any atom is -0.276 e. The van der Waals surface area contributed by atoms with E-state index < -0.39 is 0 Å². The second-order valence-corrected chi connectivity index (χ2v) is 5.66. The molecule has 19 heavy (non-hydrogen) atoms. The molecule has 4 nitrogen and oxygen atoms in total. The Morgan fingerprint density at radius 2 is 1.84 bits per heavy atom. The van der Waals surface area contributed by atoms with E-state index in [0.29, 0.717) is 0 Å². The van der Waals surface area contributed by atoms with Gasteiger partial charge in [-0.3, -0.25) is 5.10 Å². The second-order valence-electron chi connectivity index (χ2n) is 5.66. The van der Waals surface area contributed by atoms with Crippen LogP contribution in [0, 0.1) is 0 Å². The molecule has 0 radical (unpaired) electrons. The van der Waals surface area contributed by atoms with Crippen molar-refractivity contribution in [3.05, 3.63) is 42.4 Å². The summed E-state index contributed by atoms with van der Waals surface area (Å²) in [4.78, 5) is 8.67. The van der Waals surface area contributed by atoms with Crippen LogP contribution in [-0.2, 0) is 5.41 Å². The molecule has 0 atom stereocenters. The molecule has 0 saturated heterocycles. The first kappa shape index (κ1) is 11.8. The number of nitrogens with zero attached hydrogens (tertiary/aromatic N) is 3. The van der Waals surface area contributed by atoms with Gasteiger partial charge in [-0.25, -0.2) is 9.97 Å². The number of aromatic nitrogens is 4. The molecular weight excluding hydrogens is 236 g/mol. The van der Waals surface area contributed by atoms with E-state index in [1.165, 1.54) is 0 Å². The van der Waals surface area contributed by atoms with Crippen molar-refractivity contribution in [1.82, 2.24) is 20.2 Å². The van der Waals surface area contributed by atoms with Crippen molar-refractivity contribution in [2.24, 2.45) is 0 Å². The van der Waals surface area contributed by atoms with Crippen molar-refractivity contribution in [3.8, 4) is 11.4 Å². The van der Waals surface area contributed by atoms with E-state index in [1.54, 1.807) is 6.33 Å². The molecular formula is C15H16N4. The van der Waals surface area contributed by atoms with Gasteiger partial charge >= 0.3 is 0 Å². The minimum atomic E-state index is 0.0254. The summed E-state index contributed by atoms with van der Waals surface area (Å²) in [6.07, 6.45) is 1.59. The monoisotopic (exact) mass is 252 g/mol. The van der Waals surface area contributed by atoms with Crippen LogP contribution < -0.4 is 0 Å². The third-order valence-electron chi connectivity index (χ3n) is 3.14. The third kappa shape index (κ3) is 2.10. The Kier molecular flexibility index (Phi) is 2.59. The fraction of sp³-hybridized carbons (Fsp3) is 0.267. The summed E-state index contributed by atoms with van der Waals surface area (Å²) < 4.78 is 0. The lowest BCUT2D eigenvalue weighted by atomic mass is 9.92. The molecule has 0 aliphatic carbocycles. The molecule has 0 aliphatic rings. The molecule has 0 unspecified atom stereocenters. The zero-order valence-electron chi connectivity index (χ0n) is 11.3. The molecule has 0 spiro atoms. The van der Waals surface area contributed by atoms with Gasteiger partial charge in [0.15, 0.2) is 0 Å². The molecule has 3 rings (SSSR count). The number of nitrogens with one attached hydrogen (secondary N) is 1. The van der Waals surface area contributed by atoms with Gasteiger partial charge in [-0.05, 0) is 12.1 Å². The van der Waals surface area contributed by atoms with Crippen molar-refractivity contribution in [3.63, 3.8) is 0 Å². The molecule has 0 fully saturated rings. The van der Waals surface area contributed by atoms with Crippen LogP contribution in [0.5, 0.6) is 0 Å². The van der Waals surface area contributed by atoms with Crippen LogP contribution in [-0.4, -0.2) is 20.2 Å². The third-order valence-corrected chi connectivity index (χ3v) is 3.14. The smallest absolute Gasteiger partial charge is 0.116 e. The molecule has 0 aliphatic heterocycles. The largest absolute Gasteiger partial charge is 0.276 e. The van der Waals surface area contributed by atoms with Crippen LogP contribution in [0.15, 0.2) is 36.7 Å². The van der Waals surface area contributed by atoms with Gasteiger partial charge in [0.05, 0.1) is 22.6 Å². The first-order valence-electron chi connectivity index (χ1n) is 6.32. The zero-order chi connectivity index (χ0) is 13.5. The molecule has 1 N–H and O–H groups in total. The Hall–Kier alpha value is -2.23. The molecule has 0 bridgehead atoms. The Morgan fingerprint density at radius 3 is 2.58 bits per heavy atom. The maximum atomic E-state index is 4.39. The highest BCUT2D eigenvalue weighted by Gasteiger charge is 2.18. The van der Waals surface area contributed by atoms with Crippen molar-refractivity contribution in [2.45, 2.75) is 26.2 Å². The van der Waals surface area contributed by atoms with Crippen molar-refractivity contribution in [2.75, 3.05) is 0 Å². The minimum absolute atomic E-state index is 0.0254. The van der Waals surface area contributed by atoms with Gasteiger partial charge in [-0.1, -0.05) is 39.0 Å². The molecule has 0 amide bonds. The maximum absolute atomic E-state index is 4.39. The average molecular weight is 252 g/mol. The highest BCUT2D eigenvalue weighted by Crippen LogP contribution is 2.27. The van der Waals surface area contributed by atoms with Gasteiger partial charge in [-0.15, -0.1) is 0 Å². The van der Waals surface area contributed by atoms with Crippen LogP contribution in [0.1, 0.15) is 26.5 Å². The number of rotatable bonds is 1. The van der Waals surface area contributed by atoms with E-state index in [4.69, 9.17) is 0 Å². The summed E-state index contributed by atoms with van der Waals surface area (Å²) in [5.74, 6) is 0. The van der Waals surface area contributed by atoms with Crippen molar-refractivity contribution >= 4 is 10.9 Å². The van der Waals surface area contributed by atoms with Crippen molar-refractivity contribution < 1.29 is 0 Å². The van der Waals surface area contributed by atoms with Gasteiger partial charge in [-0.2, -0.15) is 5.10 Å². The van der Waals surface area contributed by atoms with Crippen molar-refractivity contribution in [1.29, 1.82) is 0 Å². The van der Waals surface area contributed by atoms with Crippen LogP contribution in [0.3, 0.4) is 0 Å². The molecule has 1 aromatic carbocycles. The highest BCUT2D eigenvalue weighted by atomic mass is 15.1. The molecule has 2 heterocycles. The van der Waals surface area contributed by atoms with Gasteiger partial charge in [0, 0.05) is 10.8 Å². The molecule has 0 saturated carbocycles. The standard InChI is InChI=1S/C15H16N4/c1-15(2,3)13-8-12(18-19-13)14-10-6-4-5-7-11(10)16-9-17-14/h4-9H,1-3H3,(H,18,19). The molecule has 96 valence electrons. The number of benzene rings is 1. The fourth-order valence-corrected chi connectivity index (χ4v) is 2.05. The lowest BCUT2D eigenvalue weighted by Crippen LogP contribution is -2.11. The van der Waals surface area contributed by atoms with Crippen LogP contribution in [0.25, 0.3) is 22.3 Å². The summed E-state index contributed by atoms with van der Waals surface area (Å²) >= 11 is 0. The first-order valence-corrected chi connectivity index (χ1v) is 6.32. The Balaban J connectivity index is 2.17. The quantitative estimate of drug-likeness (QED) is 0.722. The Morgan fingerprint density at radius 1 is 1.05 bits per heavy atom. The van der Waals surface area contributed by atoms with E-state index in [-0.39, 0.29) is 5.41 Å². The lowest BCUT2D eigenvalue weighted by molar-refractivity contribution is 0.567. The van der Waals surface area contributed by atoms with Gasteiger partial charge in [0.1, 0.15) is 6.33 Å². The van der Waals surface area contributed by atoms with Crippen LogP contribution >= 0.6 is 0 Å². The number of H-pyrrole nitrogens is 1. The van der Waals surface area contributed by atoms with Gasteiger partial charge in [0.25, 0.3) is 0 Å². The predicted octanol–water partition coefficient (Wildman–Crippen LogP) is 3.32. The van der Waals surface area contributed by atoms with Crippen LogP contribution in [0.4, 0.5) is 0 Å². The van der Waals surface area contributed by atoms with E-state index in [1.807, 2.05) is 24.3 Å². The van der Waals surface area contributed by atoms with E-state index in [2.05, 4.69) is 47.0 Å². The summed E-state index contributed by atoms with van der Waals surface area (Å²) in [5.41, 5.74) is 3.83. The number of aromatic amines is 1. The van der Waals surface area contributed by atoms with E-state index in [0.717, 1.165) is 28.0 Å². The molecule has 3 aromatic rings. The summed E-state index contributed by atoms with van der Waals surface area (Å²) in [7, 11) is 0. The fourth-order valence-electron chi connectivity index (χ4n) is 2.05. The van der Waals surface area contributed by atoms with Gasteiger partial charge in [0.2, 0.25) is 0 Å². The Bertz CT molecular complexity index is 717. The van der Waals surface area contributed by atoms with Gasteiger partial charge < -0.3 is 0 Å². The zero-order valence-corrected chi connectivity index (χ0v) is 11.3. The SMILES string of the molecule is CC(C)(C)c1cc(-c2ncnc3ccccc23)[nH]n1. The normalized spacial score (nSPS) is 11.9. The van der Waals surface area contributed by atoms with Crippen LogP contribution in [0.2, 0.25) is 0 Å². The molecule has 4 heteroatoms. The number of fused-ring (bicyclic) bond motifs is 1. The Labute approximate surface area is 111 Å². The molecule has 2 aromatic heterocycles. The number of hydrogen-bond donors (Lipinski definition) is 1. The topological polar surface area (TPSA) is 54.5 Å². The summed E-state index contributed by atoms with van der Waals surface area (Å²) in [6.45, 7) is 6.43. The number of para-hydroxylation sites is 1. The summed E-state index contributed by atoms with van der Waals surface area (Å²) in [5, 5.41) is 8.50. The van der Waals surface area contributed by atoms with E-state index in [9.17, 15) is 0 Å².